The molecule has 0 aliphatic heterocycles. The minimum Gasteiger partial charge on any atom is -0.456 e. The first kappa shape index (κ1) is 31.1. The molecule has 0 aliphatic rings. The Morgan fingerprint density at radius 2 is 0.709 bits per heavy atom. The molecule has 0 atom stereocenters. The van der Waals surface area contributed by atoms with Crippen molar-refractivity contribution in [1.29, 1.82) is 0 Å². The fraction of sp³-hybridized carbons (Fsp3) is 0. The number of aromatic nitrogens is 3. The first-order chi connectivity index (χ1) is 27.2. The lowest BCUT2D eigenvalue weighted by atomic mass is 9.92. The van der Waals surface area contributed by atoms with E-state index < -0.39 is 0 Å². The van der Waals surface area contributed by atoms with E-state index in [4.69, 9.17) is 19.4 Å². The molecule has 0 aliphatic carbocycles. The van der Waals surface area contributed by atoms with E-state index in [0.29, 0.717) is 17.5 Å². The van der Waals surface area contributed by atoms with Crippen molar-refractivity contribution in [2.24, 2.45) is 0 Å². The van der Waals surface area contributed by atoms with E-state index in [9.17, 15) is 0 Å². The van der Waals surface area contributed by atoms with Crippen molar-refractivity contribution in [3.63, 3.8) is 0 Å². The Labute approximate surface area is 317 Å². The van der Waals surface area contributed by atoms with Crippen LogP contribution in [0.15, 0.2) is 192 Å². The van der Waals surface area contributed by atoms with Crippen LogP contribution >= 0.6 is 0 Å². The average molecular weight is 702 g/mol. The van der Waals surface area contributed by atoms with E-state index >= 15 is 0 Å². The highest BCUT2D eigenvalue weighted by Crippen LogP contribution is 2.40. The van der Waals surface area contributed by atoms with Gasteiger partial charge in [0.15, 0.2) is 17.5 Å². The Morgan fingerprint density at radius 3 is 1.35 bits per heavy atom. The average Bonchev–Trinajstić information content (AvgIpc) is 3.64. The second-order valence-corrected chi connectivity index (χ2v) is 14.0. The highest BCUT2D eigenvalue weighted by Gasteiger charge is 2.17. The Bertz CT molecular complexity index is 3170. The molecule has 0 fully saturated rings. The van der Waals surface area contributed by atoms with Gasteiger partial charge in [-0.3, -0.25) is 0 Å². The smallest absolute Gasteiger partial charge is 0.164 e. The lowest BCUT2D eigenvalue weighted by Gasteiger charge is -2.12. The van der Waals surface area contributed by atoms with Gasteiger partial charge in [0.25, 0.3) is 0 Å². The van der Waals surface area contributed by atoms with Gasteiger partial charge in [0.1, 0.15) is 11.2 Å². The second kappa shape index (κ2) is 12.6. The van der Waals surface area contributed by atoms with Crippen LogP contribution in [0.2, 0.25) is 0 Å². The van der Waals surface area contributed by atoms with Crippen molar-refractivity contribution < 1.29 is 4.42 Å². The summed E-state index contributed by atoms with van der Waals surface area (Å²) in [5.74, 6) is 1.89. The van der Waals surface area contributed by atoms with Gasteiger partial charge in [0.05, 0.1) is 0 Å². The van der Waals surface area contributed by atoms with Gasteiger partial charge in [0, 0.05) is 27.5 Å². The summed E-state index contributed by atoms with van der Waals surface area (Å²) in [6.07, 6.45) is 0. The SMILES string of the molecule is c1ccc(-c2nc(-c3ccccc3)nc(-c3ccccc3-c3ccc4c(c3)oc3ccc(-c5ccc6c7ccccc7c7ccccc7c6c5)cc34)n2)cc1. The molecule has 0 bridgehead atoms. The Balaban J connectivity index is 1.02. The third-order valence-corrected chi connectivity index (χ3v) is 10.7. The summed E-state index contributed by atoms with van der Waals surface area (Å²) in [7, 11) is 0. The summed E-state index contributed by atoms with van der Waals surface area (Å²) >= 11 is 0. The first-order valence-electron chi connectivity index (χ1n) is 18.5. The number of hydrogen-bond donors (Lipinski definition) is 0. The highest BCUT2D eigenvalue weighted by atomic mass is 16.3. The summed E-state index contributed by atoms with van der Waals surface area (Å²) in [5, 5.41) is 9.81. The number of furan rings is 1. The van der Waals surface area contributed by atoms with Gasteiger partial charge in [-0.2, -0.15) is 0 Å². The molecule has 55 heavy (non-hydrogen) atoms. The van der Waals surface area contributed by atoms with Crippen LogP contribution in [0, 0.1) is 0 Å². The highest BCUT2D eigenvalue weighted by molar-refractivity contribution is 6.25. The molecule has 0 saturated carbocycles. The molecule has 0 spiro atoms. The second-order valence-electron chi connectivity index (χ2n) is 14.0. The molecule has 0 unspecified atom stereocenters. The Morgan fingerprint density at radius 1 is 0.255 bits per heavy atom. The van der Waals surface area contributed by atoms with Gasteiger partial charge in [-0.15, -0.1) is 0 Å². The minimum absolute atomic E-state index is 0.619. The van der Waals surface area contributed by atoms with Crippen LogP contribution in [0.4, 0.5) is 0 Å². The van der Waals surface area contributed by atoms with Crippen molar-refractivity contribution in [3.8, 4) is 56.4 Å². The fourth-order valence-electron chi connectivity index (χ4n) is 8.07. The molecule has 4 nitrogen and oxygen atoms in total. The predicted molar refractivity (Wildman–Crippen MR) is 227 cm³/mol. The van der Waals surface area contributed by atoms with Gasteiger partial charge in [-0.1, -0.05) is 158 Å². The van der Waals surface area contributed by atoms with Crippen LogP contribution in [0.5, 0.6) is 0 Å². The third kappa shape index (κ3) is 5.26. The number of rotatable bonds is 5. The molecular weight excluding hydrogens is 671 g/mol. The molecule has 0 saturated heterocycles. The maximum atomic E-state index is 6.54. The van der Waals surface area contributed by atoms with Crippen LogP contribution in [-0.2, 0) is 0 Å². The van der Waals surface area contributed by atoms with E-state index in [1.54, 1.807) is 0 Å². The molecule has 9 aromatic carbocycles. The third-order valence-electron chi connectivity index (χ3n) is 10.7. The largest absolute Gasteiger partial charge is 0.456 e. The van der Waals surface area contributed by atoms with Gasteiger partial charge in [-0.25, -0.2) is 15.0 Å². The zero-order valence-electron chi connectivity index (χ0n) is 29.6. The standard InChI is InChI=1S/C51H31N3O/c1-3-13-32(14-4-1)49-52-50(33-15-5-2-6-16-33)54-51(53-49)44-22-12-7-17-37(44)36-24-27-43-46-30-35(25-28-47(46)55-48(43)31-36)34-23-26-42-40-20-9-8-18-38(40)39-19-10-11-21-41(39)45(42)29-34/h1-31H. The van der Waals surface area contributed by atoms with Crippen LogP contribution in [0.3, 0.4) is 0 Å². The van der Waals surface area contributed by atoms with Crippen LogP contribution in [0.1, 0.15) is 0 Å². The molecule has 0 radical (unpaired) electrons. The zero-order valence-corrected chi connectivity index (χ0v) is 29.6. The molecule has 11 rings (SSSR count). The van der Waals surface area contributed by atoms with Crippen LogP contribution in [0.25, 0.3) is 111 Å². The van der Waals surface area contributed by atoms with E-state index in [1.807, 2.05) is 66.7 Å². The summed E-state index contributed by atoms with van der Waals surface area (Å²) in [6, 6.07) is 65.8. The Kier molecular flexibility index (Phi) is 7.14. The fourth-order valence-corrected chi connectivity index (χ4v) is 8.07. The van der Waals surface area contributed by atoms with Gasteiger partial charge in [-0.05, 0) is 84.9 Å². The topological polar surface area (TPSA) is 51.8 Å². The van der Waals surface area contributed by atoms with Crippen molar-refractivity contribution in [2.45, 2.75) is 0 Å². The van der Waals surface area contributed by atoms with E-state index in [2.05, 4.69) is 121 Å². The lowest BCUT2D eigenvalue weighted by molar-refractivity contribution is 0.669. The quantitative estimate of drug-likeness (QED) is 0.168. The van der Waals surface area contributed by atoms with Gasteiger partial charge in [0.2, 0.25) is 0 Å². The minimum atomic E-state index is 0.619. The van der Waals surface area contributed by atoms with Crippen LogP contribution < -0.4 is 0 Å². The van der Waals surface area contributed by atoms with E-state index in [0.717, 1.165) is 55.3 Å². The van der Waals surface area contributed by atoms with Crippen LogP contribution in [-0.4, -0.2) is 15.0 Å². The summed E-state index contributed by atoms with van der Waals surface area (Å²) in [6.45, 7) is 0. The molecule has 2 heterocycles. The maximum Gasteiger partial charge on any atom is 0.164 e. The first-order valence-corrected chi connectivity index (χ1v) is 18.5. The van der Waals surface area contributed by atoms with Gasteiger partial charge >= 0.3 is 0 Å². The number of benzene rings is 9. The molecule has 4 heteroatoms. The van der Waals surface area contributed by atoms with Crippen molar-refractivity contribution in [3.05, 3.63) is 188 Å². The van der Waals surface area contributed by atoms with E-state index in [1.165, 1.54) is 37.9 Å². The Hall–Kier alpha value is -7.43. The maximum absolute atomic E-state index is 6.54. The lowest BCUT2D eigenvalue weighted by Crippen LogP contribution is -2.01. The molecule has 11 aromatic rings. The van der Waals surface area contributed by atoms with E-state index in [-0.39, 0.29) is 0 Å². The summed E-state index contributed by atoms with van der Waals surface area (Å²) in [5.41, 5.74) is 8.88. The number of hydrogen-bond acceptors (Lipinski definition) is 4. The number of nitrogens with zero attached hydrogens (tertiary/aromatic N) is 3. The number of fused-ring (bicyclic) bond motifs is 9. The summed E-state index contributed by atoms with van der Waals surface area (Å²) in [4.78, 5) is 15.0. The summed E-state index contributed by atoms with van der Waals surface area (Å²) < 4.78 is 6.54. The molecular formula is C51H31N3O. The molecule has 0 amide bonds. The van der Waals surface area contributed by atoms with Crippen molar-refractivity contribution in [1.82, 2.24) is 15.0 Å². The van der Waals surface area contributed by atoms with Crippen molar-refractivity contribution in [2.75, 3.05) is 0 Å². The molecule has 256 valence electrons. The predicted octanol–water partition coefficient (Wildman–Crippen LogP) is 13.6. The normalized spacial score (nSPS) is 11.6. The monoisotopic (exact) mass is 701 g/mol. The molecule has 0 N–H and O–H groups in total. The van der Waals surface area contributed by atoms with Crippen molar-refractivity contribution >= 4 is 54.3 Å². The zero-order chi connectivity index (χ0) is 36.3. The van der Waals surface area contributed by atoms with Gasteiger partial charge < -0.3 is 4.42 Å². The molecule has 2 aromatic heterocycles.